The number of fused-ring (bicyclic) bond motifs is 1. The van der Waals surface area contributed by atoms with E-state index in [-0.39, 0.29) is 5.92 Å². The third kappa shape index (κ3) is 6.42. The van der Waals surface area contributed by atoms with Crippen LogP contribution in [0, 0.1) is 5.92 Å². The van der Waals surface area contributed by atoms with Crippen LogP contribution in [0.15, 0.2) is 58.2 Å². The van der Waals surface area contributed by atoms with Crippen molar-refractivity contribution in [1.82, 2.24) is 15.5 Å². The van der Waals surface area contributed by atoms with Gasteiger partial charge in [-0.25, -0.2) is 0 Å². The molecule has 0 spiro atoms. The number of rotatable bonds is 8. The van der Waals surface area contributed by atoms with Gasteiger partial charge in [0.2, 0.25) is 0 Å². The lowest BCUT2D eigenvalue weighted by atomic mass is 9.90. The molecular weight excluding hydrogens is 411 g/mol. The SMILES string of the molecule is CCCC(C)NCC1=CC=C2C(C1)C/C(=C\NC1=CC=C(Cl)CC1)N2CC(F)(F)F. The summed E-state index contributed by atoms with van der Waals surface area (Å²) in [6, 6.07) is 0.442. The van der Waals surface area contributed by atoms with Gasteiger partial charge >= 0.3 is 6.18 Å². The number of allylic oxidation sites excluding steroid dienone is 8. The molecule has 1 fully saturated rings. The van der Waals surface area contributed by atoms with Gasteiger partial charge in [0.25, 0.3) is 0 Å². The van der Waals surface area contributed by atoms with Gasteiger partial charge in [0.15, 0.2) is 0 Å². The first-order valence-electron chi connectivity index (χ1n) is 10.7. The van der Waals surface area contributed by atoms with E-state index >= 15 is 0 Å². The average Bonchev–Trinajstić information content (AvgIpc) is 3.01. The van der Waals surface area contributed by atoms with Gasteiger partial charge in [0.05, 0.1) is 0 Å². The lowest BCUT2D eigenvalue weighted by molar-refractivity contribution is -0.137. The summed E-state index contributed by atoms with van der Waals surface area (Å²) in [4.78, 5) is 1.43. The maximum Gasteiger partial charge on any atom is 0.406 e. The van der Waals surface area contributed by atoms with Crippen molar-refractivity contribution in [3.63, 3.8) is 0 Å². The Morgan fingerprint density at radius 1 is 1.20 bits per heavy atom. The molecule has 0 radical (unpaired) electrons. The maximum absolute atomic E-state index is 13.3. The van der Waals surface area contributed by atoms with Crippen molar-refractivity contribution >= 4 is 11.6 Å². The maximum atomic E-state index is 13.3. The fraction of sp³-hybridized carbons (Fsp3) is 0.565. The lowest BCUT2D eigenvalue weighted by Crippen LogP contribution is -2.32. The van der Waals surface area contributed by atoms with Crippen molar-refractivity contribution < 1.29 is 13.2 Å². The zero-order chi connectivity index (χ0) is 21.7. The van der Waals surface area contributed by atoms with Gasteiger partial charge in [-0.15, -0.1) is 0 Å². The fourth-order valence-corrected chi connectivity index (χ4v) is 4.39. The molecule has 0 aromatic carbocycles. The van der Waals surface area contributed by atoms with Crippen molar-refractivity contribution in [3.05, 3.63) is 58.2 Å². The summed E-state index contributed by atoms with van der Waals surface area (Å²) < 4.78 is 39.8. The van der Waals surface area contributed by atoms with E-state index < -0.39 is 12.7 Å². The van der Waals surface area contributed by atoms with Crippen LogP contribution in [0.2, 0.25) is 0 Å². The van der Waals surface area contributed by atoms with Crippen LogP contribution in [0.3, 0.4) is 0 Å². The first-order chi connectivity index (χ1) is 14.2. The van der Waals surface area contributed by atoms with Gasteiger partial charge in [-0.3, -0.25) is 0 Å². The Hall–Kier alpha value is -1.66. The molecule has 0 amide bonds. The predicted molar refractivity (Wildman–Crippen MR) is 116 cm³/mol. The van der Waals surface area contributed by atoms with Gasteiger partial charge in [-0.1, -0.05) is 36.6 Å². The summed E-state index contributed by atoms with van der Waals surface area (Å²) in [5.41, 5.74) is 3.68. The molecule has 3 aliphatic rings. The van der Waals surface area contributed by atoms with E-state index in [4.69, 9.17) is 11.6 Å². The quantitative estimate of drug-likeness (QED) is 0.477. The van der Waals surface area contributed by atoms with Gasteiger partial charge in [0, 0.05) is 46.8 Å². The second-order valence-electron chi connectivity index (χ2n) is 8.38. The third-order valence-corrected chi connectivity index (χ3v) is 6.10. The smallest absolute Gasteiger partial charge is 0.363 e. The molecule has 2 atom stereocenters. The minimum Gasteiger partial charge on any atom is -0.363 e. The van der Waals surface area contributed by atoms with E-state index in [1.165, 1.54) is 10.5 Å². The molecule has 0 aromatic rings. The highest BCUT2D eigenvalue weighted by molar-refractivity contribution is 6.29. The molecule has 1 heterocycles. The monoisotopic (exact) mass is 441 g/mol. The van der Waals surface area contributed by atoms with Crippen molar-refractivity contribution in [2.45, 2.75) is 64.6 Å². The van der Waals surface area contributed by atoms with E-state index in [0.29, 0.717) is 18.2 Å². The van der Waals surface area contributed by atoms with E-state index in [9.17, 15) is 13.2 Å². The molecule has 0 bridgehead atoms. The van der Waals surface area contributed by atoms with E-state index in [1.54, 1.807) is 6.20 Å². The average molecular weight is 442 g/mol. The molecule has 0 aromatic heterocycles. The molecule has 30 heavy (non-hydrogen) atoms. The van der Waals surface area contributed by atoms with Crippen molar-refractivity contribution in [2.75, 3.05) is 13.1 Å². The molecule has 1 saturated heterocycles. The topological polar surface area (TPSA) is 27.3 Å². The van der Waals surface area contributed by atoms with Crippen LogP contribution in [0.4, 0.5) is 13.2 Å². The zero-order valence-corrected chi connectivity index (χ0v) is 18.4. The fourth-order valence-electron chi connectivity index (χ4n) is 4.23. The molecule has 1 aliphatic heterocycles. The van der Waals surface area contributed by atoms with Crippen LogP contribution in [0.1, 0.15) is 52.4 Å². The van der Waals surface area contributed by atoms with Crippen molar-refractivity contribution in [2.24, 2.45) is 5.92 Å². The van der Waals surface area contributed by atoms with E-state index in [0.717, 1.165) is 55.1 Å². The molecule has 0 saturated carbocycles. The minimum atomic E-state index is -4.25. The Labute approximate surface area is 182 Å². The molecule has 2 N–H and O–H groups in total. The third-order valence-electron chi connectivity index (χ3n) is 5.79. The molecule has 7 heteroatoms. The number of hydrogen-bond acceptors (Lipinski definition) is 3. The van der Waals surface area contributed by atoms with Gasteiger partial charge in [0.1, 0.15) is 6.54 Å². The molecule has 2 unspecified atom stereocenters. The first-order valence-corrected chi connectivity index (χ1v) is 11.1. The van der Waals surface area contributed by atoms with Crippen LogP contribution < -0.4 is 10.6 Å². The van der Waals surface area contributed by atoms with Crippen LogP contribution in [0.5, 0.6) is 0 Å². The minimum absolute atomic E-state index is 0.0957. The Bertz CT molecular complexity index is 777. The van der Waals surface area contributed by atoms with Gasteiger partial charge < -0.3 is 15.5 Å². The number of nitrogens with zero attached hydrogens (tertiary/aromatic N) is 1. The zero-order valence-electron chi connectivity index (χ0n) is 17.7. The molecular formula is C23H31ClF3N3. The predicted octanol–water partition coefficient (Wildman–Crippen LogP) is 6.09. The normalized spacial score (nSPS) is 24.1. The molecule has 2 aliphatic carbocycles. The standard InChI is InChI=1S/C23H31ClF3N3/c1-3-4-16(2)28-13-17-5-10-22-18(11-17)12-21(30(22)15-23(25,26)27)14-29-20-8-6-19(24)7-9-20/h5-6,8,10,14,16,18,28-29H,3-4,7,9,11-13,15H2,1-2H3/b21-14+. The van der Waals surface area contributed by atoms with Gasteiger partial charge in [-0.2, -0.15) is 13.2 Å². The van der Waals surface area contributed by atoms with Crippen molar-refractivity contribution in [3.8, 4) is 0 Å². The van der Waals surface area contributed by atoms with Crippen LogP contribution in [0.25, 0.3) is 0 Å². The molecule has 3 rings (SSSR count). The Morgan fingerprint density at radius 2 is 2.00 bits per heavy atom. The molecule has 3 nitrogen and oxygen atoms in total. The number of halogens is 4. The first kappa shape index (κ1) is 23.0. The highest BCUT2D eigenvalue weighted by Gasteiger charge is 2.40. The van der Waals surface area contributed by atoms with Crippen LogP contribution >= 0.6 is 11.6 Å². The Morgan fingerprint density at radius 3 is 2.67 bits per heavy atom. The van der Waals surface area contributed by atoms with Crippen LogP contribution in [-0.4, -0.2) is 30.2 Å². The summed E-state index contributed by atoms with van der Waals surface area (Å²) in [5.74, 6) is 0.0957. The number of alkyl halides is 3. The van der Waals surface area contributed by atoms with Crippen LogP contribution in [-0.2, 0) is 0 Å². The van der Waals surface area contributed by atoms with E-state index in [1.807, 2.05) is 24.3 Å². The number of hydrogen-bond donors (Lipinski definition) is 2. The summed E-state index contributed by atoms with van der Waals surface area (Å²) >= 11 is 5.99. The highest BCUT2D eigenvalue weighted by Crippen LogP contribution is 2.43. The summed E-state index contributed by atoms with van der Waals surface area (Å²) in [6.45, 7) is 4.17. The second-order valence-corrected chi connectivity index (χ2v) is 8.86. The molecule has 166 valence electrons. The number of likely N-dealkylation sites (tertiary alicyclic amines) is 1. The highest BCUT2D eigenvalue weighted by atomic mass is 35.5. The van der Waals surface area contributed by atoms with Gasteiger partial charge in [-0.05, 0) is 57.3 Å². The summed E-state index contributed by atoms with van der Waals surface area (Å²) in [7, 11) is 0. The second kappa shape index (κ2) is 10.1. The summed E-state index contributed by atoms with van der Waals surface area (Å²) in [6.07, 6.45) is 10.3. The van der Waals surface area contributed by atoms with Crippen molar-refractivity contribution in [1.29, 1.82) is 0 Å². The largest absolute Gasteiger partial charge is 0.406 e. The Kier molecular flexibility index (Phi) is 7.75. The lowest BCUT2D eigenvalue weighted by Gasteiger charge is -2.27. The Balaban J connectivity index is 1.70. The van der Waals surface area contributed by atoms with E-state index in [2.05, 4.69) is 24.5 Å². The number of nitrogens with one attached hydrogen (secondary N) is 2. The summed E-state index contributed by atoms with van der Waals surface area (Å²) in [5, 5.41) is 7.52.